The first-order valence-corrected chi connectivity index (χ1v) is 7.33. The monoisotopic (exact) mass is 327 g/mol. The van der Waals surface area contributed by atoms with Crippen molar-refractivity contribution in [3.63, 3.8) is 0 Å². The van der Waals surface area contributed by atoms with Crippen LogP contribution in [0.1, 0.15) is 10.4 Å². The van der Waals surface area contributed by atoms with Gasteiger partial charge in [-0.3, -0.25) is 4.79 Å². The molecule has 0 aliphatic rings. The third-order valence-electron chi connectivity index (χ3n) is 3.56. The number of phenolic OH excluding ortho intramolecular Hbond substituents is 1. The fourth-order valence-corrected chi connectivity index (χ4v) is 2.64. The number of amides is 1. The van der Waals surface area contributed by atoms with Gasteiger partial charge in [0.05, 0.1) is 12.7 Å². The van der Waals surface area contributed by atoms with Crippen molar-refractivity contribution in [2.45, 2.75) is 0 Å². The molecule has 23 heavy (non-hydrogen) atoms. The Morgan fingerprint density at radius 3 is 2.39 bits per heavy atom. The van der Waals surface area contributed by atoms with Crippen molar-refractivity contribution in [1.82, 2.24) is 0 Å². The summed E-state index contributed by atoms with van der Waals surface area (Å²) in [6.45, 7) is 0. The molecule has 0 atom stereocenters. The van der Waals surface area contributed by atoms with E-state index in [1.54, 1.807) is 49.6 Å². The van der Waals surface area contributed by atoms with E-state index in [0.29, 0.717) is 27.2 Å². The topological polar surface area (TPSA) is 58.6 Å². The lowest BCUT2D eigenvalue weighted by Crippen LogP contribution is -2.12. The third kappa shape index (κ3) is 2.94. The number of fused-ring (bicyclic) bond motifs is 1. The number of rotatable bonds is 3. The van der Waals surface area contributed by atoms with Crippen LogP contribution < -0.4 is 10.1 Å². The standard InChI is InChI=1S/C18H14ClNO3/c1-23-12-8-6-11(7-9-12)20-18(22)15-10-16(19)13-4-2-3-5-14(13)17(15)21/h2-10,21H,1H3,(H,20,22). The van der Waals surface area contributed by atoms with Crippen LogP contribution in [0.3, 0.4) is 0 Å². The van der Waals surface area contributed by atoms with Crippen molar-refractivity contribution in [3.8, 4) is 11.5 Å². The largest absolute Gasteiger partial charge is 0.506 e. The van der Waals surface area contributed by atoms with Crippen molar-refractivity contribution >= 4 is 34.0 Å². The van der Waals surface area contributed by atoms with Gasteiger partial charge in [-0.25, -0.2) is 0 Å². The number of hydrogen-bond donors (Lipinski definition) is 2. The van der Waals surface area contributed by atoms with Crippen LogP contribution in [0.2, 0.25) is 5.02 Å². The molecule has 5 heteroatoms. The predicted octanol–water partition coefficient (Wildman–Crippen LogP) is 4.46. The summed E-state index contributed by atoms with van der Waals surface area (Å²) in [4.78, 5) is 12.4. The Bertz CT molecular complexity index is 875. The van der Waals surface area contributed by atoms with E-state index in [9.17, 15) is 9.90 Å². The molecule has 3 aromatic carbocycles. The Labute approximate surface area is 138 Å². The van der Waals surface area contributed by atoms with Crippen LogP contribution in [0.25, 0.3) is 10.8 Å². The van der Waals surface area contributed by atoms with Crippen molar-refractivity contribution in [3.05, 3.63) is 65.2 Å². The molecule has 0 aliphatic carbocycles. The van der Waals surface area contributed by atoms with E-state index < -0.39 is 5.91 Å². The number of phenols is 1. The van der Waals surface area contributed by atoms with Gasteiger partial charge in [-0.2, -0.15) is 0 Å². The van der Waals surface area contributed by atoms with E-state index >= 15 is 0 Å². The minimum absolute atomic E-state index is 0.0870. The number of nitrogens with one attached hydrogen (secondary N) is 1. The van der Waals surface area contributed by atoms with Crippen LogP contribution in [-0.4, -0.2) is 18.1 Å². The van der Waals surface area contributed by atoms with Crippen molar-refractivity contribution in [1.29, 1.82) is 0 Å². The van der Waals surface area contributed by atoms with Gasteiger partial charge in [0.25, 0.3) is 5.91 Å². The molecule has 0 saturated heterocycles. The molecule has 0 aromatic heterocycles. The van der Waals surface area contributed by atoms with Crippen LogP contribution in [0.4, 0.5) is 5.69 Å². The van der Waals surface area contributed by atoms with Gasteiger partial charge in [-0.15, -0.1) is 0 Å². The number of carbonyl (C=O) groups is 1. The molecular weight excluding hydrogens is 314 g/mol. The normalized spacial score (nSPS) is 10.5. The highest BCUT2D eigenvalue weighted by Gasteiger charge is 2.16. The summed E-state index contributed by atoms with van der Waals surface area (Å²) in [7, 11) is 1.57. The van der Waals surface area contributed by atoms with Gasteiger partial charge in [-0.05, 0) is 30.3 Å². The first-order valence-electron chi connectivity index (χ1n) is 6.96. The number of benzene rings is 3. The molecule has 4 nitrogen and oxygen atoms in total. The number of halogens is 1. The molecule has 3 rings (SSSR count). The van der Waals surface area contributed by atoms with Gasteiger partial charge >= 0.3 is 0 Å². The molecule has 3 aromatic rings. The molecule has 116 valence electrons. The van der Waals surface area contributed by atoms with E-state index in [4.69, 9.17) is 16.3 Å². The molecule has 0 bridgehead atoms. The van der Waals surface area contributed by atoms with Crippen molar-refractivity contribution in [2.24, 2.45) is 0 Å². The maximum absolute atomic E-state index is 12.4. The van der Waals surface area contributed by atoms with Crippen LogP contribution in [0, 0.1) is 0 Å². The summed E-state index contributed by atoms with van der Waals surface area (Å²) in [5, 5.41) is 14.8. The minimum atomic E-state index is -0.430. The minimum Gasteiger partial charge on any atom is -0.506 e. The molecule has 0 aliphatic heterocycles. The van der Waals surface area contributed by atoms with Crippen LogP contribution in [0.15, 0.2) is 54.6 Å². The average Bonchev–Trinajstić information content (AvgIpc) is 2.58. The lowest BCUT2D eigenvalue weighted by molar-refractivity contribution is 0.102. The summed E-state index contributed by atoms with van der Waals surface area (Å²) in [6, 6.07) is 15.5. The van der Waals surface area contributed by atoms with Gasteiger partial charge in [0.15, 0.2) is 0 Å². The highest BCUT2D eigenvalue weighted by molar-refractivity contribution is 6.36. The molecule has 0 radical (unpaired) electrons. The number of ether oxygens (including phenoxy) is 1. The second-order valence-corrected chi connectivity index (χ2v) is 5.39. The molecule has 0 heterocycles. The number of hydrogen-bond acceptors (Lipinski definition) is 3. The molecular formula is C18H14ClNO3. The first-order chi connectivity index (χ1) is 11.1. The van der Waals surface area contributed by atoms with E-state index in [1.807, 2.05) is 6.07 Å². The lowest BCUT2D eigenvalue weighted by atomic mass is 10.0. The fraction of sp³-hybridized carbons (Fsp3) is 0.0556. The Kier molecular flexibility index (Phi) is 4.08. The number of anilines is 1. The van der Waals surface area contributed by atoms with E-state index in [0.717, 1.165) is 0 Å². The Hall–Kier alpha value is -2.72. The Morgan fingerprint density at radius 2 is 1.74 bits per heavy atom. The predicted molar refractivity (Wildman–Crippen MR) is 91.6 cm³/mol. The maximum Gasteiger partial charge on any atom is 0.259 e. The number of carbonyl (C=O) groups excluding carboxylic acids is 1. The van der Waals surface area contributed by atoms with E-state index in [2.05, 4.69) is 5.32 Å². The quantitative estimate of drug-likeness (QED) is 0.746. The summed E-state index contributed by atoms with van der Waals surface area (Å²) < 4.78 is 5.07. The van der Waals surface area contributed by atoms with Gasteiger partial charge in [0.2, 0.25) is 0 Å². The average molecular weight is 328 g/mol. The Morgan fingerprint density at radius 1 is 1.09 bits per heavy atom. The van der Waals surface area contributed by atoms with Crippen LogP contribution >= 0.6 is 11.6 Å². The first kappa shape index (κ1) is 15.2. The Balaban J connectivity index is 1.95. The zero-order chi connectivity index (χ0) is 16.4. The maximum atomic E-state index is 12.4. The summed E-state index contributed by atoms with van der Waals surface area (Å²) >= 11 is 6.21. The van der Waals surface area contributed by atoms with E-state index in [-0.39, 0.29) is 11.3 Å². The number of methoxy groups -OCH3 is 1. The van der Waals surface area contributed by atoms with Gasteiger partial charge < -0.3 is 15.2 Å². The smallest absolute Gasteiger partial charge is 0.259 e. The summed E-state index contributed by atoms with van der Waals surface area (Å²) in [6.07, 6.45) is 0. The molecule has 0 saturated carbocycles. The third-order valence-corrected chi connectivity index (χ3v) is 3.87. The van der Waals surface area contributed by atoms with Crippen LogP contribution in [0.5, 0.6) is 11.5 Å². The van der Waals surface area contributed by atoms with Crippen molar-refractivity contribution < 1.29 is 14.6 Å². The SMILES string of the molecule is COc1ccc(NC(=O)c2cc(Cl)c3ccccc3c2O)cc1. The summed E-state index contributed by atoms with van der Waals surface area (Å²) in [5.74, 6) is 0.177. The highest BCUT2D eigenvalue weighted by Crippen LogP contribution is 2.34. The molecule has 0 unspecified atom stereocenters. The zero-order valence-electron chi connectivity index (χ0n) is 12.3. The molecule has 0 fully saturated rings. The highest BCUT2D eigenvalue weighted by atomic mass is 35.5. The molecule has 2 N–H and O–H groups in total. The van der Waals surface area contributed by atoms with Crippen LogP contribution in [-0.2, 0) is 0 Å². The second kappa shape index (κ2) is 6.18. The van der Waals surface area contributed by atoms with E-state index in [1.165, 1.54) is 6.07 Å². The zero-order valence-corrected chi connectivity index (χ0v) is 13.1. The van der Waals surface area contributed by atoms with Gasteiger partial charge in [0, 0.05) is 21.5 Å². The summed E-state index contributed by atoms with van der Waals surface area (Å²) in [5.41, 5.74) is 0.726. The van der Waals surface area contributed by atoms with Gasteiger partial charge in [0.1, 0.15) is 11.5 Å². The number of aromatic hydroxyl groups is 1. The molecule has 1 amide bonds. The fourth-order valence-electron chi connectivity index (χ4n) is 2.36. The van der Waals surface area contributed by atoms with Crippen molar-refractivity contribution in [2.75, 3.05) is 12.4 Å². The lowest BCUT2D eigenvalue weighted by Gasteiger charge is -2.11. The second-order valence-electron chi connectivity index (χ2n) is 4.98. The molecule has 0 spiro atoms. The van der Waals surface area contributed by atoms with Gasteiger partial charge in [-0.1, -0.05) is 35.9 Å².